The summed E-state index contributed by atoms with van der Waals surface area (Å²) in [7, 11) is 0. The van der Waals surface area contributed by atoms with Crippen molar-refractivity contribution in [2.24, 2.45) is 0 Å². The normalized spacial score (nSPS) is 20.0. The topological polar surface area (TPSA) is 36.4 Å². The van der Waals surface area contributed by atoms with Crippen LogP contribution in [0.1, 0.15) is 28.9 Å². The number of benzene rings is 2. The first-order valence-corrected chi connectivity index (χ1v) is 11.3. The lowest BCUT2D eigenvalue weighted by Crippen LogP contribution is -2.56. The van der Waals surface area contributed by atoms with Gasteiger partial charge in [0.2, 0.25) is 0 Å². The Morgan fingerprint density at radius 2 is 1.72 bits per heavy atom. The Morgan fingerprint density at radius 3 is 2.45 bits per heavy atom. The number of amides is 1. The van der Waals surface area contributed by atoms with Gasteiger partial charge in [-0.05, 0) is 24.8 Å². The van der Waals surface area contributed by atoms with Crippen molar-refractivity contribution in [3.63, 3.8) is 0 Å². The third-order valence-electron chi connectivity index (χ3n) is 5.90. The summed E-state index contributed by atoms with van der Waals surface area (Å²) in [4.78, 5) is 22.7. The maximum atomic E-state index is 13.4. The van der Waals surface area contributed by atoms with Crippen LogP contribution < -0.4 is 0 Å². The predicted molar refractivity (Wildman–Crippen MR) is 117 cm³/mol. The zero-order valence-corrected chi connectivity index (χ0v) is 17.2. The average molecular weight is 404 g/mol. The maximum Gasteiger partial charge on any atom is 0.273 e. The van der Waals surface area contributed by atoms with Gasteiger partial charge in [0.25, 0.3) is 5.91 Å². The number of piperazine rings is 1. The summed E-state index contributed by atoms with van der Waals surface area (Å²) in [6, 6.07) is 21.5. The van der Waals surface area contributed by atoms with Gasteiger partial charge in [0.05, 0.1) is 0 Å². The van der Waals surface area contributed by atoms with Crippen LogP contribution in [0.5, 0.6) is 0 Å². The molecule has 0 bridgehead atoms. The van der Waals surface area contributed by atoms with Gasteiger partial charge in [-0.2, -0.15) is 0 Å². The Bertz CT molecular complexity index is 968. The fourth-order valence-corrected chi connectivity index (χ4v) is 5.01. The second-order valence-electron chi connectivity index (χ2n) is 7.97. The molecular formula is C24H25N3OS. The van der Waals surface area contributed by atoms with E-state index in [1.54, 1.807) is 11.3 Å². The van der Waals surface area contributed by atoms with Gasteiger partial charge in [0, 0.05) is 42.7 Å². The molecule has 2 aromatic carbocycles. The van der Waals surface area contributed by atoms with Crippen LogP contribution in [-0.4, -0.2) is 52.4 Å². The van der Waals surface area contributed by atoms with Crippen molar-refractivity contribution >= 4 is 17.2 Å². The van der Waals surface area contributed by atoms with Crippen LogP contribution in [0.2, 0.25) is 0 Å². The van der Waals surface area contributed by atoms with Crippen molar-refractivity contribution in [1.29, 1.82) is 0 Å². The Morgan fingerprint density at radius 1 is 1.00 bits per heavy atom. The molecular weight excluding hydrogens is 378 g/mol. The minimum absolute atomic E-state index is 0.0693. The molecule has 1 aliphatic carbocycles. The van der Waals surface area contributed by atoms with Crippen LogP contribution in [-0.2, 0) is 6.42 Å². The van der Waals surface area contributed by atoms with E-state index in [0.717, 1.165) is 42.7 Å². The lowest BCUT2D eigenvalue weighted by molar-refractivity contribution is 0.0432. The summed E-state index contributed by atoms with van der Waals surface area (Å²) in [6.45, 7) is 2.71. The number of thiazole rings is 1. The molecule has 2 fully saturated rings. The van der Waals surface area contributed by atoms with E-state index in [4.69, 9.17) is 0 Å². The number of aromatic nitrogens is 1. The molecule has 5 heteroatoms. The Hall–Kier alpha value is -2.50. The van der Waals surface area contributed by atoms with Crippen LogP contribution in [0.4, 0.5) is 0 Å². The molecule has 29 heavy (non-hydrogen) atoms. The van der Waals surface area contributed by atoms with Crippen LogP contribution in [0.25, 0.3) is 10.6 Å². The second kappa shape index (κ2) is 8.09. The number of rotatable bonds is 5. The lowest BCUT2D eigenvalue weighted by atomic mass is 10.0. The van der Waals surface area contributed by atoms with Gasteiger partial charge < -0.3 is 4.90 Å². The highest BCUT2D eigenvalue weighted by Crippen LogP contribution is 2.30. The van der Waals surface area contributed by atoms with Crippen molar-refractivity contribution in [1.82, 2.24) is 14.8 Å². The smallest absolute Gasteiger partial charge is 0.273 e. The fraction of sp³-hybridized carbons (Fsp3) is 0.333. The molecule has 5 rings (SSSR count). The molecule has 1 amide bonds. The van der Waals surface area contributed by atoms with Gasteiger partial charge in [-0.15, -0.1) is 11.3 Å². The number of hydrogen-bond acceptors (Lipinski definition) is 4. The summed E-state index contributed by atoms with van der Waals surface area (Å²) in [5, 5.41) is 2.82. The van der Waals surface area contributed by atoms with Crippen LogP contribution in [0.15, 0.2) is 66.0 Å². The summed E-state index contributed by atoms with van der Waals surface area (Å²) in [6.07, 6.45) is 3.50. The first kappa shape index (κ1) is 18.5. The standard InChI is InChI=1S/C24H25N3OS/c28-24(22-17-29-23(25-22)19-9-5-2-6-10-19)27-14-13-26(20-11-12-20)16-21(27)15-18-7-3-1-4-8-18/h1-10,17,20-21H,11-16H2. The molecule has 4 nitrogen and oxygen atoms in total. The van der Waals surface area contributed by atoms with Crippen molar-refractivity contribution in [2.45, 2.75) is 31.3 Å². The van der Waals surface area contributed by atoms with Crippen molar-refractivity contribution in [2.75, 3.05) is 19.6 Å². The zero-order valence-electron chi connectivity index (χ0n) is 16.4. The Balaban J connectivity index is 1.37. The highest BCUT2D eigenvalue weighted by molar-refractivity contribution is 7.13. The van der Waals surface area contributed by atoms with Gasteiger partial charge in [-0.3, -0.25) is 9.69 Å². The second-order valence-corrected chi connectivity index (χ2v) is 8.83. The SMILES string of the molecule is O=C(c1csc(-c2ccccc2)n1)N1CCN(C2CC2)CC1Cc1ccccc1. The van der Waals surface area contributed by atoms with Gasteiger partial charge in [0.1, 0.15) is 10.7 Å². The molecule has 1 unspecified atom stereocenters. The molecule has 1 aromatic heterocycles. The highest BCUT2D eigenvalue weighted by Gasteiger charge is 2.37. The zero-order chi connectivity index (χ0) is 19.6. The minimum atomic E-state index is 0.0693. The lowest BCUT2D eigenvalue weighted by Gasteiger charge is -2.41. The van der Waals surface area contributed by atoms with Crippen LogP contribution >= 0.6 is 11.3 Å². The third-order valence-corrected chi connectivity index (χ3v) is 6.79. The summed E-state index contributed by atoms with van der Waals surface area (Å²) in [5.74, 6) is 0.0693. The van der Waals surface area contributed by atoms with Gasteiger partial charge in [-0.1, -0.05) is 60.7 Å². The summed E-state index contributed by atoms with van der Waals surface area (Å²) < 4.78 is 0. The van der Waals surface area contributed by atoms with Crippen molar-refractivity contribution in [3.8, 4) is 10.6 Å². The quantitative estimate of drug-likeness (QED) is 0.636. The summed E-state index contributed by atoms with van der Waals surface area (Å²) in [5.41, 5.74) is 2.93. The van der Waals surface area contributed by atoms with Crippen molar-refractivity contribution in [3.05, 3.63) is 77.3 Å². The molecule has 1 aliphatic heterocycles. The van der Waals surface area contributed by atoms with Gasteiger partial charge >= 0.3 is 0 Å². The number of carbonyl (C=O) groups excluding carboxylic acids is 1. The van der Waals surface area contributed by atoms with Crippen LogP contribution in [0.3, 0.4) is 0 Å². The van der Waals surface area contributed by atoms with Gasteiger partial charge in [0.15, 0.2) is 0 Å². The number of hydrogen-bond donors (Lipinski definition) is 0. The van der Waals surface area contributed by atoms with E-state index in [-0.39, 0.29) is 11.9 Å². The predicted octanol–water partition coefficient (Wildman–Crippen LogP) is 4.34. The molecule has 1 saturated heterocycles. The van der Waals surface area contributed by atoms with E-state index >= 15 is 0 Å². The first-order chi connectivity index (χ1) is 14.3. The van der Waals surface area contributed by atoms with E-state index in [9.17, 15) is 4.79 Å². The molecule has 0 spiro atoms. The maximum absolute atomic E-state index is 13.4. The highest BCUT2D eigenvalue weighted by atomic mass is 32.1. The minimum Gasteiger partial charge on any atom is -0.331 e. The van der Waals surface area contributed by atoms with E-state index < -0.39 is 0 Å². The molecule has 2 aliphatic rings. The molecule has 148 valence electrons. The largest absolute Gasteiger partial charge is 0.331 e. The number of carbonyl (C=O) groups is 1. The third kappa shape index (κ3) is 4.11. The monoisotopic (exact) mass is 403 g/mol. The summed E-state index contributed by atoms with van der Waals surface area (Å²) >= 11 is 1.55. The number of nitrogens with zero attached hydrogens (tertiary/aromatic N) is 3. The van der Waals surface area contributed by atoms with E-state index in [2.05, 4.69) is 39.0 Å². The molecule has 2 heterocycles. The van der Waals surface area contributed by atoms with Crippen LogP contribution in [0, 0.1) is 0 Å². The molecule has 1 saturated carbocycles. The van der Waals surface area contributed by atoms with E-state index in [1.807, 2.05) is 41.8 Å². The Labute approximate surface area is 175 Å². The molecule has 0 N–H and O–H groups in total. The van der Waals surface area contributed by atoms with E-state index in [0.29, 0.717) is 5.69 Å². The Kier molecular flexibility index (Phi) is 5.17. The molecule has 3 aromatic rings. The molecule has 0 radical (unpaired) electrons. The fourth-order valence-electron chi connectivity index (χ4n) is 4.21. The van der Waals surface area contributed by atoms with E-state index in [1.165, 1.54) is 18.4 Å². The molecule has 1 atom stereocenters. The average Bonchev–Trinajstić information content (AvgIpc) is 3.51. The van der Waals surface area contributed by atoms with Crippen molar-refractivity contribution < 1.29 is 4.79 Å². The first-order valence-electron chi connectivity index (χ1n) is 10.4. The van der Waals surface area contributed by atoms with Gasteiger partial charge in [-0.25, -0.2) is 4.98 Å².